The molecule has 146 valence electrons. The van der Waals surface area contributed by atoms with Gasteiger partial charge in [0.1, 0.15) is 11.6 Å². The van der Waals surface area contributed by atoms with Crippen molar-refractivity contribution in [3.05, 3.63) is 71.4 Å². The van der Waals surface area contributed by atoms with E-state index in [0.717, 1.165) is 18.4 Å². The van der Waals surface area contributed by atoms with E-state index in [1.165, 1.54) is 18.2 Å². The first kappa shape index (κ1) is 18.6. The number of carbonyl (C=O) groups is 1. The molecule has 0 unspecified atom stereocenters. The number of fused-ring (bicyclic) bond motifs is 1. The van der Waals surface area contributed by atoms with Gasteiger partial charge in [-0.2, -0.15) is 0 Å². The van der Waals surface area contributed by atoms with Gasteiger partial charge in [0, 0.05) is 18.1 Å². The molecule has 1 amide bonds. The number of carbonyl (C=O) groups excluding carboxylic acids is 1. The molecule has 0 bridgehead atoms. The van der Waals surface area contributed by atoms with Gasteiger partial charge in [-0.1, -0.05) is 31.0 Å². The van der Waals surface area contributed by atoms with Gasteiger partial charge in [0.15, 0.2) is 0 Å². The highest BCUT2D eigenvalue weighted by atomic mass is 19.1. The van der Waals surface area contributed by atoms with Crippen LogP contribution in [0, 0.1) is 11.6 Å². The van der Waals surface area contributed by atoms with Crippen molar-refractivity contribution in [2.24, 2.45) is 0 Å². The summed E-state index contributed by atoms with van der Waals surface area (Å²) in [5.41, 5.74) is 1.68. The molecule has 28 heavy (non-hydrogen) atoms. The number of aliphatic hydroxyl groups excluding tert-OH is 1. The minimum absolute atomic E-state index is 0.244. The lowest BCUT2D eigenvalue weighted by molar-refractivity contribution is 0.0718. The van der Waals surface area contributed by atoms with Crippen molar-refractivity contribution >= 4 is 16.8 Å². The molecule has 3 aromatic rings. The molecule has 0 radical (unpaired) electrons. The van der Waals surface area contributed by atoms with Crippen LogP contribution < -0.4 is 5.32 Å². The average Bonchev–Trinajstić information content (AvgIpc) is 3.05. The van der Waals surface area contributed by atoms with E-state index in [2.05, 4.69) is 5.32 Å². The molecule has 0 aliphatic heterocycles. The van der Waals surface area contributed by atoms with Crippen LogP contribution in [0.25, 0.3) is 10.9 Å². The van der Waals surface area contributed by atoms with Gasteiger partial charge >= 0.3 is 0 Å². The fourth-order valence-electron chi connectivity index (χ4n) is 3.92. The van der Waals surface area contributed by atoms with Crippen LogP contribution in [0.5, 0.6) is 0 Å². The molecule has 1 aromatic heterocycles. The van der Waals surface area contributed by atoms with E-state index in [9.17, 15) is 18.7 Å². The predicted molar refractivity (Wildman–Crippen MR) is 103 cm³/mol. The third-order valence-corrected chi connectivity index (χ3v) is 5.41. The Morgan fingerprint density at radius 2 is 1.86 bits per heavy atom. The third-order valence-electron chi connectivity index (χ3n) is 5.41. The molecule has 4 nitrogen and oxygen atoms in total. The molecule has 1 heterocycles. The Morgan fingerprint density at radius 1 is 1.11 bits per heavy atom. The Balaban J connectivity index is 1.68. The first-order chi connectivity index (χ1) is 13.5. The van der Waals surface area contributed by atoms with Crippen LogP contribution in [-0.4, -0.2) is 27.7 Å². The van der Waals surface area contributed by atoms with Crippen LogP contribution in [0.1, 0.15) is 41.6 Å². The maximum absolute atomic E-state index is 14.6. The first-order valence-corrected chi connectivity index (χ1v) is 9.53. The Labute approximate surface area is 161 Å². The summed E-state index contributed by atoms with van der Waals surface area (Å²) in [6.45, 7) is 0.388. The zero-order valence-electron chi connectivity index (χ0n) is 15.4. The average molecular weight is 384 g/mol. The first-order valence-electron chi connectivity index (χ1n) is 9.53. The minimum atomic E-state index is -0.574. The summed E-state index contributed by atoms with van der Waals surface area (Å²) in [6.07, 6.45) is 4.31. The normalized spacial score (nSPS) is 19.7. The molecule has 2 atom stereocenters. The number of hydrogen-bond donors (Lipinski definition) is 2. The Bertz CT molecular complexity index is 998. The lowest BCUT2D eigenvalue weighted by Crippen LogP contribution is -2.45. The Kier molecular flexibility index (Phi) is 5.13. The molecule has 0 spiro atoms. The smallest absolute Gasteiger partial charge is 0.253 e. The van der Waals surface area contributed by atoms with Crippen molar-refractivity contribution in [3.63, 3.8) is 0 Å². The fraction of sp³-hybridized carbons (Fsp3) is 0.318. The summed E-state index contributed by atoms with van der Waals surface area (Å²) in [5, 5.41) is 13.3. The number of nitrogens with zero attached hydrogens (tertiary/aromatic N) is 1. The van der Waals surface area contributed by atoms with Gasteiger partial charge in [0.25, 0.3) is 5.91 Å². The molecule has 2 N–H and O–H groups in total. The lowest BCUT2D eigenvalue weighted by atomic mass is 9.92. The van der Waals surface area contributed by atoms with Crippen LogP contribution in [0.4, 0.5) is 8.78 Å². The van der Waals surface area contributed by atoms with E-state index >= 15 is 0 Å². The van der Waals surface area contributed by atoms with Crippen molar-refractivity contribution in [1.82, 2.24) is 9.88 Å². The zero-order chi connectivity index (χ0) is 19.7. The van der Waals surface area contributed by atoms with Crippen molar-refractivity contribution < 1.29 is 18.7 Å². The van der Waals surface area contributed by atoms with E-state index in [0.29, 0.717) is 24.9 Å². The molecule has 4 rings (SSSR count). The number of hydrogen-bond acceptors (Lipinski definition) is 2. The van der Waals surface area contributed by atoms with Crippen molar-refractivity contribution in [1.29, 1.82) is 0 Å². The van der Waals surface area contributed by atoms with Crippen molar-refractivity contribution in [2.45, 2.75) is 44.4 Å². The number of nitrogens with one attached hydrogen (secondary N) is 1. The molecule has 6 heteroatoms. The van der Waals surface area contributed by atoms with Crippen molar-refractivity contribution in [2.75, 3.05) is 0 Å². The monoisotopic (exact) mass is 384 g/mol. The quantitative estimate of drug-likeness (QED) is 0.714. The number of rotatable bonds is 4. The Hall–Kier alpha value is -2.73. The van der Waals surface area contributed by atoms with E-state index in [4.69, 9.17) is 0 Å². The summed E-state index contributed by atoms with van der Waals surface area (Å²) in [5.74, 6) is -1.18. The van der Waals surface area contributed by atoms with Crippen molar-refractivity contribution in [3.8, 4) is 0 Å². The van der Waals surface area contributed by atoms with Crippen LogP contribution in [0.15, 0.2) is 48.7 Å². The van der Waals surface area contributed by atoms with Gasteiger partial charge in [0.05, 0.1) is 23.2 Å². The fourth-order valence-corrected chi connectivity index (χ4v) is 3.92. The summed E-state index contributed by atoms with van der Waals surface area (Å²) >= 11 is 0. The Morgan fingerprint density at radius 3 is 2.61 bits per heavy atom. The second-order valence-corrected chi connectivity index (χ2v) is 7.36. The highest BCUT2D eigenvalue weighted by Crippen LogP contribution is 2.26. The largest absolute Gasteiger partial charge is 0.391 e. The van der Waals surface area contributed by atoms with E-state index in [1.54, 1.807) is 35.0 Å². The maximum atomic E-state index is 14.6. The maximum Gasteiger partial charge on any atom is 0.253 e. The summed E-state index contributed by atoms with van der Waals surface area (Å²) in [4.78, 5) is 12.9. The predicted octanol–water partition coefficient (Wildman–Crippen LogP) is 4.00. The van der Waals surface area contributed by atoms with Gasteiger partial charge in [-0.15, -0.1) is 0 Å². The molecule has 0 saturated heterocycles. The van der Waals surface area contributed by atoms with Gasteiger partial charge in [0.2, 0.25) is 0 Å². The zero-order valence-corrected chi connectivity index (χ0v) is 15.4. The second kappa shape index (κ2) is 7.72. The SMILES string of the molecule is O=C(N[C@H]1CCCC[C@@H]1O)c1cn(Cc2ccc(F)cc2)c2cccc(F)c12. The van der Waals surface area contributed by atoms with Crippen LogP contribution >= 0.6 is 0 Å². The molecule has 1 fully saturated rings. The van der Waals surface area contributed by atoms with Gasteiger partial charge in [-0.3, -0.25) is 4.79 Å². The third kappa shape index (κ3) is 3.64. The van der Waals surface area contributed by atoms with E-state index in [-0.39, 0.29) is 28.7 Å². The lowest BCUT2D eigenvalue weighted by Gasteiger charge is -2.28. The molecule has 2 aromatic carbocycles. The van der Waals surface area contributed by atoms with Gasteiger partial charge < -0.3 is 15.0 Å². The highest BCUT2D eigenvalue weighted by Gasteiger charge is 2.27. The number of aliphatic hydroxyl groups is 1. The van der Waals surface area contributed by atoms with Crippen LogP contribution in [0.2, 0.25) is 0 Å². The van der Waals surface area contributed by atoms with E-state index < -0.39 is 11.9 Å². The van der Waals surface area contributed by atoms with Gasteiger partial charge in [-0.25, -0.2) is 8.78 Å². The number of amides is 1. The molecule has 1 aliphatic carbocycles. The second-order valence-electron chi connectivity index (χ2n) is 7.36. The minimum Gasteiger partial charge on any atom is -0.391 e. The highest BCUT2D eigenvalue weighted by molar-refractivity contribution is 6.07. The van der Waals surface area contributed by atoms with Crippen LogP contribution in [-0.2, 0) is 6.54 Å². The summed E-state index contributed by atoms with van der Waals surface area (Å²) in [7, 11) is 0. The topological polar surface area (TPSA) is 54.3 Å². The standard InChI is InChI=1S/C22H22F2N2O2/c23-15-10-8-14(9-11-15)12-26-13-16(21-17(24)4-3-6-19(21)26)22(28)25-18-5-1-2-7-20(18)27/h3-4,6,8-11,13,18,20,27H,1-2,5,7,12H2,(H,25,28)/t18-,20-/m0/s1. The molecule has 1 aliphatic rings. The van der Waals surface area contributed by atoms with Gasteiger partial charge in [-0.05, 0) is 42.7 Å². The molecule has 1 saturated carbocycles. The van der Waals surface area contributed by atoms with E-state index in [1.807, 2.05) is 0 Å². The number of benzene rings is 2. The summed E-state index contributed by atoms with van der Waals surface area (Å²) in [6, 6.07) is 10.5. The molecular formula is C22H22F2N2O2. The van der Waals surface area contributed by atoms with Crippen LogP contribution in [0.3, 0.4) is 0 Å². The molecular weight excluding hydrogens is 362 g/mol. The number of halogens is 2. The summed E-state index contributed by atoms with van der Waals surface area (Å²) < 4.78 is 29.5. The number of aromatic nitrogens is 1.